The van der Waals surface area contributed by atoms with Gasteiger partial charge in [-0.1, -0.05) is 17.3 Å². The van der Waals surface area contributed by atoms with E-state index in [2.05, 4.69) is 10.1 Å². The molecule has 0 unspecified atom stereocenters. The zero-order chi connectivity index (χ0) is 10.7. The molecule has 0 N–H and O–H groups in total. The van der Waals surface area contributed by atoms with Crippen molar-refractivity contribution in [1.82, 2.24) is 10.1 Å². The van der Waals surface area contributed by atoms with Gasteiger partial charge in [-0.05, 0) is 24.6 Å². The lowest BCUT2D eigenvalue weighted by Crippen LogP contribution is -1.89. The molecule has 1 heterocycles. The molecule has 0 aliphatic heterocycles. The summed E-state index contributed by atoms with van der Waals surface area (Å²) in [6.45, 7) is 1.81. The van der Waals surface area contributed by atoms with Crippen LogP contribution in [0.5, 0.6) is 5.75 Å². The Hall–Kier alpha value is -1.84. The molecule has 0 saturated heterocycles. The van der Waals surface area contributed by atoms with Gasteiger partial charge in [-0.3, -0.25) is 0 Å². The van der Waals surface area contributed by atoms with E-state index in [4.69, 9.17) is 9.26 Å². The Bertz CT molecular complexity index is 434. The second-order valence-electron chi connectivity index (χ2n) is 3.26. The average molecular weight is 204 g/mol. The number of aromatic nitrogens is 2. The monoisotopic (exact) mass is 204 g/mol. The molecule has 2 aromatic rings. The summed E-state index contributed by atoms with van der Waals surface area (Å²) in [5, 5.41) is 3.74. The van der Waals surface area contributed by atoms with Crippen LogP contribution in [0.15, 0.2) is 28.8 Å². The lowest BCUT2D eigenvalue weighted by Gasteiger charge is -2.00. The summed E-state index contributed by atoms with van der Waals surface area (Å²) in [5.74, 6) is 2.15. The quantitative estimate of drug-likeness (QED) is 0.767. The first kappa shape index (κ1) is 9.71. The van der Waals surface area contributed by atoms with E-state index < -0.39 is 0 Å². The molecule has 0 bridgehead atoms. The second kappa shape index (κ2) is 4.13. The molecule has 0 saturated carbocycles. The fourth-order valence-electron chi connectivity index (χ4n) is 1.33. The van der Waals surface area contributed by atoms with E-state index in [1.165, 1.54) is 0 Å². The molecule has 0 radical (unpaired) electrons. The fraction of sp³-hybridized carbons (Fsp3) is 0.273. The lowest BCUT2D eigenvalue weighted by atomic mass is 10.1. The van der Waals surface area contributed by atoms with Crippen LogP contribution in [-0.4, -0.2) is 17.3 Å². The largest absolute Gasteiger partial charge is 0.497 e. The van der Waals surface area contributed by atoms with Crippen LogP contribution in [0.4, 0.5) is 0 Å². The Kier molecular flexibility index (Phi) is 2.67. The number of methoxy groups -OCH3 is 1. The van der Waals surface area contributed by atoms with E-state index in [-0.39, 0.29) is 0 Å². The lowest BCUT2D eigenvalue weighted by molar-refractivity contribution is 0.381. The average Bonchev–Trinajstić information content (AvgIpc) is 2.65. The zero-order valence-electron chi connectivity index (χ0n) is 8.73. The van der Waals surface area contributed by atoms with E-state index in [9.17, 15) is 0 Å². The molecule has 0 spiro atoms. The van der Waals surface area contributed by atoms with E-state index in [0.717, 1.165) is 11.3 Å². The minimum Gasteiger partial charge on any atom is -0.497 e. The maximum absolute atomic E-state index is 5.07. The van der Waals surface area contributed by atoms with Crippen molar-refractivity contribution < 1.29 is 9.26 Å². The van der Waals surface area contributed by atoms with Gasteiger partial charge in [0.1, 0.15) is 5.75 Å². The van der Waals surface area contributed by atoms with Crippen molar-refractivity contribution in [2.24, 2.45) is 0 Å². The molecule has 15 heavy (non-hydrogen) atoms. The molecule has 4 nitrogen and oxygen atoms in total. The summed E-state index contributed by atoms with van der Waals surface area (Å²) in [5.41, 5.74) is 1.12. The van der Waals surface area contributed by atoms with Crippen molar-refractivity contribution in [2.75, 3.05) is 7.11 Å². The van der Waals surface area contributed by atoms with Crippen molar-refractivity contribution in [3.63, 3.8) is 0 Å². The van der Waals surface area contributed by atoms with Crippen LogP contribution in [0.2, 0.25) is 0 Å². The third-order valence-electron chi connectivity index (χ3n) is 2.08. The molecule has 78 valence electrons. The molecule has 0 aliphatic rings. The molecule has 1 aromatic heterocycles. The summed E-state index contributed by atoms with van der Waals surface area (Å²) in [4.78, 5) is 4.14. The maximum atomic E-state index is 5.07. The third kappa shape index (κ3) is 2.34. The maximum Gasteiger partial charge on any atom is 0.231 e. The first-order valence-electron chi connectivity index (χ1n) is 4.70. The van der Waals surface area contributed by atoms with Crippen molar-refractivity contribution in [1.29, 1.82) is 0 Å². The van der Waals surface area contributed by atoms with Gasteiger partial charge in [0.05, 0.1) is 13.5 Å². The van der Waals surface area contributed by atoms with Crippen LogP contribution in [0, 0.1) is 6.92 Å². The van der Waals surface area contributed by atoms with Gasteiger partial charge >= 0.3 is 0 Å². The first-order valence-corrected chi connectivity index (χ1v) is 4.70. The Morgan fingerprint density at radius 2 is 2.00 bits per heavy atom. The molecule has 4 heteroatoms. The smallest absolute Gasteiger partial charge is 0.231 e. The Labute approximate surface area is 87.9 Å². The highest BCUT2D eigenvalue weighted by Crippen LogP contribution is 2.13. The molecule has 0 aliphatic carbocycles. The summed E-state index contributed by atoms with van der Waals surface area (Å²) in [6.07, 6.45) is 0.658. The van der Waals surface area contributed by atoms with E-state index in [1.54, 1.807) is 14.0 Å². The molecule has 2 rings (SSSR count). The van der Waals surface area contributed by atoms with E-state index in [0.29, 0.717) is 18.1 Å². The highest BCUT2D eigenvalue weighted by atomic mass is 16.5. The Balaban J connectivity index is 2.11. The van der Waals surface area contributed by atoms with E-state index >= 15 is 0 Å². The van der Waals surface area contributed by atoms with Crippen LogP contribution in [0.3, 0.4) is 0 Å². The van der Waals surface area contributed by atoms with Crippen LogP contribution in [-0.2, 0) is 6.42 Å². The van der Waals surface area contributed by atoms with Crippen LogP contribution in [0.1, 0.15) is 17.3 Å². The summed E-state index contributed by atoms with van der Waals surface area (Å²) in [6, 6.07) is 7.80. The van der Waals surface area contributed by atoms with Gasteiger partial charge in [0.25, 0.3) is 0 Å². The number of benzene rings is 1. The molecular formula is C11H12N2O2. The molecular weight excluding hydrogens is 192 g/mol. The first-order chi connectivity index (χ1) is 7.28. The van der Waals surface area contributed by atoms with Crippen molar-refractivity contribution in [2.45, 2.75) is 13.3 Å². The predicted molar refractivity (Wildman–Crippen MR) is 54.8 cm³/mol. The number of rotatable bonds is 3. The summed E-state index contributed by atoms with van der Waals surface area (Å²) < 4.78 is 10.1. The van der Waals surface area contributed by atoms with Gasteiger partial charge in [0.15, 0.2) is 5.82 Å². The SMILES string of the molecule is COc1ccc(Cc2nc(C)no2)cc1. The van der Waals surface area contributed by atoms with Crippen molar-refractivity contribution >= 4 is 0 Å². The number of hydrogen-bond acceptors (Lipinski definition) is 4. The van der Waals surface area contributed by atoms with Crippen LogP contribution >= 0.6 is 0 Å². The highest BCUT2D eigenvalue weighted by Gasteiger charge is 2.03. The van der Waals surface area contributed by atoms with Gasteiger partial charge in [-0.25, -0.2) is 0 Å². The number of aryl methyl sites for hydroxylation is 1. The summed E-state index contributed by atoms with van der Waals surface area (Å²) >= 11 is 0. The number of hydrogen-bond donors (Lipinski definition) is 0. The molecule has 1 aromatic carbocycles. The van der Waals surface area contributed by atoms with Gasteiger partial charge in [-0.15, -0.1) is 0 Å². The van der Waals surface area contributed by atoms with Gasteiger partial charge in [-0.2, -0.15) is 4.98 Å². The minimum absolute atomic E-state index is 0.637. The second-order valence-corrected chi connectivity index (χ2v) is 3.26. The fourth-order valence-corrected chi connectivity index (χ4v) is 1.33. The normalized spacial score (nSPS) is 10.3. The van der Waals surface area contributed by atoms with Crippen molar-refractivity contribution in [3.8, 4) is 5.75 Å². The topological polar surface area (TPSA) is 48.2 Å². The minimum atomic E-state index is 0.637. The predicted octanol–water partition coefficient (Wildman–Crippen LogP) is 1.98. The Morgan fingerprint density at radius 3 is 2.53 bits per heavy atom. The van der Waals surface area contributed by atoms with E-state index in [1.807, 2.05) is 24.3 Å². The van der Waals surface area contributed by atoms with Gasteiger partial charge in [0.2, 0.25) is 5.89 Å². The van der Waals surface area contributed by atoms with Crippen LogP contribution < -0.4 is 4.74 Å². The number of nitrogens with zero attached hydrogens (tertiary/aromatic N) is 2. The third-order valence-corrected chi connectivity index (χ3v) is 2.08. The van der Waals surface area contributed by atoms with Crippen molar-refractivity contribution in [3.05, 3.63) is 41.5 Å². The zero-order valence-corrected chi connectivity index (χ0v) is 8.73. The standard InChI is InChI=1S/C11H12N2O2/c1-8-12-11(15-13-8)7-9-3-5-10(14-2)6-4-9/h3-6H,7H2,1-2H3. The molecule has 0 fully saturated rings. The van der Waals surface area contributed by atoms with Crippen LogP contribution in [0.25, 0.3) is 0 Å². The molecule has 0 atom stereocenters. The van der Waals surface area contributed by atoms with Gasteiger partial charge in [0, 0.05) is 0 Å². The summed E-state index contributed by atoms with van der Waals surface area (Å²) in [7, 11) is 1.65. The highest BCUT2D eigenvalue weighted by molar-refractivity contribution is 5.28. The van der Waals surface area contributed by atoms with Gasteiger partial charge < -0.3 is 9.26 Å². The molecule has 0 amide bonds. The Morgan fingerprint density at radius 1 is 1.27 bits per heavy atom. The number of ether oxygens (including phenoxy) is 1.